The van der Waals surface area contributed by atoms with Crippen LogP contribution in [0, 0.1) is 5.92 Å². The molecule has 0 bridgehead atoms. The minimum atomic E-state index is -3.15. The summed E-state index contributed by atoms with van der Waals surface area (Å²) in [7, 11) is -3.15. The number of hydrogen-bond donors (Lipinski definition) is 1. The van der Waals surface area contributed by atoms with Crippen molar-refractivity contribution in [3.8, 4) is 11.1 Å². The molecule has 2 aliphatic rings. The van der Waals surface area contributed by atoms with Crippen molar-refractivity contribution in [2.75, 3.05) is 30.8 Å². The first-order valence-electron chi connectivity index (χ1n) is 10.1. The van der Waals surface area contributed by atoms with Crippen molar-refractivity contribution in [2.45, 2.75) is 19.3 Å². The average molecular weight is 426 g/mol. The first kappa shape index (κ1) is 19.2. The van der Waals surface area contributed by atoms with E-state index in [0.717, 1.165) is 46.4 Å². The van der Waals surface area contributed by atoms with E-state index in [-0.39, 0.29) is 11.8 Å². The van der Waals surface area contributed by atoms with E-state index < -0.39 is 10.0 Å². The van der Waals surface area contributed by atoms with Gasteiger partial charge in [0, 0.05) is 54.7 Å². The minimum absolute atomic E-state index is 0.0550. The Bertz CT molecular complexity index is 1230. The lowest BCUT2D eigenvalue weighted by Crippen LogP contribution is -2.41. The van der Waals surface area contributed by atoms with Gasteiger partial charge in [-0.15, -0.1) is 0 Å². The van der Waals surface area contributed by atoms with E-state index in [1.807, 2.05) is 29.4 Å². The fourth-order valence-corrected chi connectivity index (χ4v) is 5.24. The lowest BCUT2D eigenvalue weighted by atomic mass is 9.97. The SMILES string of the molecule is CS(=O)(=O)N1CCC(CN2C(=O)Cc3ncc(-c4cnc5[nH]ccc5c4)cc32)CC1. The maximum absolute atomic E-state index is 12.7. The Balaban J connectivity index is 1.38. The zero-order valence-electron chi connectivity index (χ0n) is 16.7. The molecule has 9 heteroatoms. The third-order valence-corrected chi connectivity index (χ3v) is 7.38. The molecule has 1 N–H and O–H groups in total. The number of nitrogens with zero attached hydrogens (tertiary/aromatic N) is 4. The van der Waals surface area contributed by atoms with Gasteiger partial charge in [-0.3, -0.25) is 9.78 Å². The van der Waals surface area contributed by atoms with Gasteiger partial charge >= 0.3 is 0 Å². The number of sulfonamides is 1. The van der Waals surface area contributed by atoms with Crippen LogP contribution in [0.1, 0.15) is 18.5 Å². The lowest BCUT2D eigenvalue weighted by molar-refractivity contribution is -0.117. The summed E-state index contributed by atoms with van der Waals surface area (Å²) in [6.07, 6.45) is 8.55. The van der Waals surface area contributed by atoms with Gasteiger partial charge in [0.25, 0.3) is 0 Å². The van der Waals surface area contributed by atoms with Gasteiger partial charge in [0.1, 0.15) is 5.65 Å². The van der Waals surface area contributed by atoms with Crippen LogP contribution < -0.4 is 4.90 Å². The molecule has 2 aliphatic heterocycles. The number of rotatable bonds is 4. The molecule has 0 radical (unpaired) electrons. The van der Waals surface area contributed by atoms with Gasteiger partial charge in [-0.05, 0) is 37.0 Å². The molecular formula is C21H23N5O3S. The monoisotopic (exact) mass is 425 g/mol. The number of pyridine rings is 2. The van der Waals surface area contributed by atoms with Gasteiger partial charge in [0.05, 0.1) is 24.1 Å². The maximum Gasteiger partial charge on any atom is 0.233 e. The molecule has 1 fully saturated rings. The molecule has 5 rings (SSSR count). The van der Waals surface area contributed by atoms with E-state index in [1.165, 1.54) is 10.6 Å². The van der Waals surface area contributed by atoms with E-state index in [9.17, 15) is 13.2 Å². The standard InChI is InChI=1S/C21H23N5O3S/c1-30(28,29)25-6-3-14(4-7-25)13-26-19-9-17(11-23-18(19)10-20(26)27)16-8-15-2-5-22-21(15)24-12-16/h2,5,8-9,11-12,14H,3-4,6-7,10,13H2,1H3,(H,22,24). The number of carbonyl (C=O) groups is 1. The van der Waals surface area contributed by atoms with E-state index in [0.29, 0.717) is 26.1 Å². The summed E-state index contributed by atoms with van der Waals surface area (Å²) in [6.45, 7) is 1.63. The second kappa shape index (κ2) is 7.17. The largest absolute Gasteiger partial charge is 0.346 e. The molecule has 3 aromatic heterocycles. The summed E-state index contributed by atoms with van der Waals surface area (Å²) in [5, 5.41) is 1.03. The van der Waals surface area contributed by atoms with Gasteiger partial charge in [-0.1, -0.05) is 0 Å². The summed E-state index contributed by atoms with van der Waals surface area (Å²) in [4.78, 5) is 26.6. The first-order valence-corrected chi connectivity index (χ1v) is 11.9. The zero-order chi connectivity index (χ0) is 20.9. The van der Waals surface area contributed by atoms with Crippen LogP contribution in [0.2, 0.25) is 0 Å². The van der Waals surface area contributed by atoms with Crippen molar-refractivity contribution in [1.82, 2.24) is 19.3 Å². The number of fused-ring (bicyclic) bond motifs is 2. The topological polar surface area (TPSA) is 99.3 Å². The molecular weight excluding hydrogens is 402 g/mol. The van der Waals surface area contributed by atoms with Crippen molar-refractivity contribution >= 4 is 32.7 Å². The summed E-state index contributed by atoms with van der Waals surface area (Å²) in [5.41, 5.74) is 4.38. The number of piperidine rings is 1. The normalized spacial score (nSPS) is 18.3. The van der Waals surface area contributed by atoms with Gasteiger partial charge in [0.15, 0.2) is 0 Å². The molecule has 0 aromatic carbocycles. The molecule has 156 valence electrons. The van der Waals surface area contributed by atoms with Gasteiger partial charge in [-0.25, -0.2) is 17.7 Å². The summed E-state index contributed by atoms with van der Waals surface area (Å²) in [5.74, 6) is 0.332. The Morgan fingerprint density at radius 1 is 1.13 bits per heavy atom. The number of aromatic amines is 1. The predicted molar refractivity (Wildman–Crippen MR) is 115 cm³/mol. The van der Waals surface area contributed by atoms with Crippen LogP contribution in [0.15, 0.2) is 36.8 Å². The fourth-order valence-electron chi connectivity index (χ4n) is 4.36. The van der Waals surface area contributed by atoms with Crippen LogP contribution in [-0.2, 0) is 21.2 Å². The smallest absolute Gasteiger partial charge is 0.233 e. The van der Waals surface area contributed by atoms with E-state index in [2.05, 4.69) is 21.0 Å². The van der Waals surface area contributed by atoms with E-state index in [4.69, 9.17) is 0 Å². The van der Waals surface area contributed by atoms with Crippen molar-refractivity contribution in [1.29, 1.82) is 0 Å². The lowest BCUT2D eigenvalue weighted by Gasteiger charge is -2.32. The molecule has 30 heavy (non-hydrogen) atoms. The van der Waals surface area contributed by atoms with Gasteiger partial charge in [-0.2, -0.15) is 0 Å². The highest BCUT2D eigenvalue weighted by Crippen LogP contribution is 2.34. The van der Waals surface area contributed by atoms with Crippen molar-refractivity contribution in [3.63, 3.8) is 0 Å². The Morgan fingerprint density at radius 3 is 2.63 bits per heavy atom. The molecule has 8 nitrogen and oxygen atoms in total. The third-order valence-electron chi connectivity index (χ3n) is 6.07. The highest BCUT2D eigenvalue weighted by Gasteiger charge is 2.33. The number of amides is 1. The number of H-pyrrole nitrogens is 1. The number of nitrogens with one attached hydrogen (secondary N) is 1. The van der Waals surface area contributed by atoms with Crippen LogP contribution >= 0.6 is 0 Å². The number of aromatic nitrogens is 3. The van der Waals surface area contributed by atoms with Crippen molar-refractivity contribution in [3.05, 3.63) is 42.5 Å². The van der Waals surface area contributed by atoms with Crippen LogP contribution in [-0.4, -0.2) is 59.5 Å². The molecule has 0 atom stereocenters. The highest BCUT2D eigenvalue weighted by molar-refractivity contribution is 7.88. The Labute approximate surface area is 175 Å². The summed E-state index contributed by atoms with van der Waals surface area (Å²) < 4.78 is 25.0. The zero-order valence-corrected chi connectivity index (χ0v) is 17.5. The second-order valence-electron chi connectivity index (χ2n) is 8.12. The Kier molecular flexibility index (Phi) is 4.59. The molecule has 3 aromatic rings. The van der Waals surface area contributed by atoms with Crippen molar-refractivity contribution in [2.24, 2.45) is 5.92 Å². The quantitative estimate of drug-likeness (QED) is 0.691. The van der Waals surface area contributed by atoms with Gasteiger partial charge < -0.3 is 9.88 Å². The first-order chi connectivity index (χ1) is 14.4. The number of carbonyl (C=O) groups excluding carboxylic acids is 1. The maximum atomic E-state index is 12.7. The van der Waals surface area contributed by atoms with E-state index >= 15 is 0 Å². The number of hydrogen-bond acceptors (Lipinski definition) is 5. The minimum Gasteiger partial charge on any atom is -0.346 e. The van der Waals surface area contributed by atoms with Crippen LogP contribution in [0.3, 0.4) is 0 Å². The Morgan fingerprint density at radius 2 is 1.87 bits per heavy atom. The molecule has 0 saturated carbocycles. The van der Waals surface area contributed by atoms with Crippen LogP contribution in [0.25, 0.3) is 22.2 Å². The van der Waals surface area contributed by atoms with E-state index in [1.54, 1.807) is 6.20 Å². The van der Waals surface area contributed by atoms with Crippen LogP contribution in [0.5, 0.6) is 0 Å². The fraction of sp³-hybridized carbons (Fsp3) is 0.381. The molecule has 5 heterocycles. The molecule has 0 spiro atoms. The highest BCUT2D eigenvalue weighted by atomic mass is 32.2. The molecule has 0 aliphatic carbocycles. The summed E-state index contributed by atoms with van der Waals surface area (Å²) in [6, 6.07) is 6.06. The van der Waals surface area contributed by atoms with Gasteiger partial charge in [0.2, 0.25) is 15.9 Å². The Hall–Kier alpha value is -2.78. The summed E-state index contributed by atoms with van der Waals surface area (Å²) >= 11 is 0. The second-order valence-corrected chi connectivity index (χ2v) is 10.1. The van der Waals surface area contributed by atoms with Crippen LogP contribution in [0.4, 0.5) is 5.69 Å². The molecule has 1 saturated heterocycles. The number of anilines is 1. The molecule has 1 amide bonds. The predicted octanol–water partition coefficient (Wildman–Crippen LogP) is 2.19. The third kappa shape index (κ3) is 3.48. The van der Waals surface area contributed by atoms with Crippen molar-refractivity contribution < 1.29 is 13.2 Å². The molecule has 0 unspecified atom stereocenters. The average Bonchev–Trinajstić information content (AvgIpc) is 3.31.